The van der Waals surface area contributed by atoms with Gasteiger partial charge >= 0.3 is 0 Å². The summed E-state index contributed by atoms with van der Waals surface area (Å²) in [6.07, 6.45) is 6.95. The molecule has 0 aliphatic rings. The Morgan fingerprint density at radius 1 is 0.964 bits per heavy atom. The van der Waals surface area contributed by atoms with Gasteiger partial charge in [0.1, 0.15) is 0 Å². The zero-order chi connectivity index (χ0) is 20.1. The van der Waals surface area contributed by atoms with Gasteiger partial charge in [0.2, 0.25) is 0 Å². The summed E-state index contributed by atoms with van der Waals surface area (Å²) in [4.78, 5) is 4.87. The molecule has 0 bridgehead atoms. The van der Waals surface area contributed by atoms with Crippen LogP contribution in [0, 0.1) is 19.8 Å². The molecule has 142 valence electrons. The summed E-state index contributed by atoms with van der Waals surface area (Å²) in [6, 6.07) is 19.3. The van der Waals surface area contributed by atoms with Gasteiger partial charge in [0.15, 0.2) is 0 Å². The lowest BCUT2D eigenvalue weighted by Gasteiger charge is -2.15. The van der Waals surface area contributed by atoms with Crippen LogP contribution in [0.3, 0.4) is 0 Å². The van der Waals surface area contributed by atoms with Gasteiger partial charge in [0.05, 0.1) is 5.69 Å². The van der Waals surface area contributed by atoms with Crippen LogP contribution in [0.25, 0.3) is 16.3 Å². The Labute approximate surface area is 169 Å². The average Bonchev–Trinajstić information content (AvgIpc) is 2.65. The van der Waals surface area contributed by atoms with E-state index in [-0.39, 0.29) is 0 Å². The van der Waals surface area contributed by atoms with Crippen molar-refractivity contribution in [2.24, 2.45) is 10.9 Å². The van der Waals surface area contributed by atoms with Crippen molar-refractivity contribution in [1.29, 1.82) is 0 Å². The number of aryl methyl sites for hydroxylation is 2. The molecule has 0 spiro atoms. The average molecular weight is 368 g/mol. The maximum Gasteiger partial charge on any atom is 0.0665 e. The molecule has 3 aromatic rings. The minimum atomic E-state index is 0.602. The predicted octanol–water partition coefficient (Wildman–Crippen LogP) is 7.63. The third-order valence-corrected chi connectivity index (χ3v) is 4.98. The van der Waals surface area contributed by atoms with Gasteiger partial charge in [-0.3, -0.25) is 4.99 Å². The first-order valence-electron chi connectivity index (χ1n) is 9.94. The van der Waals surface area contributed by atoms with Crippen molar-refractivity contribution >= 4 is 28.2 Å². The Morgan fingerprint density at radius 2 is 1.68 bits per heavy atom. The predicted molar refractivity (Wildman–Crippen MR) is 125 cm³/mol. The third-order valence-electron chi connectivity index (χ3n) is 4.98. The summed E-state index contributed by atoms with van der Waals surface area (Å²) in [6.45, 7) is 12.7. The second-order valence-electron chi connectivity index (χ2n) is 7.81. The first-order valence-corrected chi connectivity index (χ1v) is 9.94. The molecule has 0 aliphatic carbocycles. The topological polar surface area (TPSA) is 12.4 Å². The lowest BCUT2D eigenvalue weighted by Crippen LogP contribution is -2.02. The van der Waals surface area contributed by atoms with E-state index < -0.39 is 0 Å². The van der Waals surface area contributed by atoms with Gasteiger partial charge in [-0.05, 0) is 71.3 Å². The molecule has 0 fully saturated rings. The fourth-order valence-electron chi connectivity index (χ4n) is 3.69. The van der Waals surface area contributed by atoms with E-state index in [2.05, 4.69) is 94.9 Å². The fourth-order valence-corrected chi connectivity index (χ4v) is 3.69. The Morgan fingerprint density at radius 3 is 2.36 bits per heavy atom. The van der Waals surface area contributed by atoms with E-state index in [1.165, 1.54) is 33.0 Å². The third kappa shape index (κ3) is 4.48. The molecular formula is C27H29N. The zero-order valence-electron chi connectivity index (χ0n) is 17.4. The van der Waals surface area contributed by atoms with Gasteiger partial charge in [-0.15, -0.1) is 0 Å². The summed E-state index contributed by atoms with van der Waals surface area (Å²) >= 11 is 0. The molecule has 0 radical (unpaired) electrons. The SMILES string of the molecule is C=C/C=C(/C=Nc1cc2ccccc2cc1C)c1c(C)cccc1CC(C)C. The second-order valence-corrected chi connectivity index (χ2v) is 7.81. The van der Waals surface area contributed by atoms with Crippen LogP contribution in [0.4, 0.5) is 5.69 Å². The number of fused-ring (bicyclic) bond motifs is 1. The van der Waals surface area contributed by atoms with Crippen molar-refractivity contribution in [1.82, 2.24) is 0 Å². The first-order chi connectivity index (χ1) is 13.5. The quantitative estimate of drug-likeness (QED) is 0.314. The van der Waals surface area contributed by atoms with Gasteiger partial charge < -0.3 is 0 Å². The van der Waals surface area contributed by atoms with E-state index in [9.17, 15) is 0 Å². The second kappa shape index (κ2) is 8.84. The number of aliphatic imine (C=N–C) groups is 1. The zero-order valence-corrected chi connectivity index (χ0v) is 17.4. The molecule has 0 saturated carbocycles. The number of hydrogen-bond donors (Lipinski definition) is 0. The normalized spacial score (nSPS) is 12.2. The summed E-state index contributed by atoms with van der Waals surface area (Å²) < 4.78 is 0. The standard InChI is InChI=1S/C27H29N/c1-6-10-25(27-20(4)11-9-14-24(27)15-19(2)3)18-28-26-17-23-13-8-7-12-22(23)16-21(26)5/h6-14,16-19H,1,15H2,2-5H3/b25-10-,28-18?. The van der Waals surface area contributed by atoms with Crippen LogP contribution in [0.1, 0.15) is 36.1 Å². The minimum Gasteiger partial charge on any atom is -0.256 e. The number of nitrogens with zero attached hydrogens (tertiary/aromatic N) is 1. The molecule has 3 aromatic carbocycles. The molecule has 0 unspecified atom stereocenters. The monoisotopic (exact) mass is 367 g/mol. The number of hydrogen-bond acceptors (Lipinski definition) is 1. The molecule has 0 N–H and O–H groups in total. The van der Waals surface area contributed by atoms with Gasteiger partial charge in [-0.2, -0.15) is 0 Å². The molecule has 0 atom stereocenters. The van der Waals surface area contributed by atoms with E-state index in [0.29, 0.717) is 5.92 Å². The molecule has 0 aliphatic heterocycles. The van der Waals surface area contributed by atoms with Gasteiger partial charge in [-0.1, -0.05) is 75.0 Å². The van der Waals surface area contributed by atoms with Crippen LogP contribution in [0.2, 0.25) is 0 Å². The minimum absolute atomic E-state index is 0.602. The van der Waals surface area contributed by atoms with E-state index in [1.54, 1.807) is 0 Å². The van der Waals surface area contributed by atoms with Crippen molar-refractivity contribution < 1.29 is 0 Å². The van der Waals surface area contributed by atoms with Crippen LogP contribution in [0.15, 0.2) is 78.3 Å². The Kier molecular flexibility index (Phi) is 6.26. The van der Waals surface area contributed by atoms with E-state index >= 15 is 0 Å². The Balaban J connectivity index is 2.05. The highest BCUT2D eigenvalue weighted by molar-refractivity contribution is 6.12. The number of benzene rings is 3. The molecule has 1 nitrogen and oxygen atoms in total. The fraction of sp³-hybridized carbons (Fsp3) is 0.222. The molecular weight excluding hydrogens is 338 g/mol. The van der Waals surface area contributed by atoms with Crippen LogP contribution >= 0.6 is 0 Å². The van der Waals surface area contributed by atoms with Crippen LogP contribution in [0.5, 0.6) is 0 Å². The molecule has 0 aromatic heterocycles. The van der Waals surface area contributed by atoms with Crippen molar-refractivity contribution in [3.63, 3.8) is 0 Å². The van der Waals surface area contributed by atoms with Crippen molar-refractivity contribution in [3.8, 4) is 0 Å². The molecule has 0 amide bonds. The smallest absolute Gasteiger partial charge is 0.0665 e. The molecule has 0 heterocycles. The van der Waals surface area contributed by atoms with E-state index in [4.69, 9.17) is 4.99 Å². The molecule has 1 heteroatoms. The van der Waals surface area contributed by atoms with Gasteiger partial charge in [0.25, 0.3) is 0 Å². The van der Waals surface area contributed by atoms with Crippen molar-refractivity contribution in [3.05, 3.63) is 95.6 Å². The summed E-state index contributed by atoms with van der Waals surface area (Å²) in [7, 11) is 0. The highest BCUT2D eigenvalue weighted by Gasteiger charge is 2.11. The molecule has 28 heavy (non-hydrogen) atoms. The Hall–Kier alpha value is -2.93. The van der Waals surface area contributed by atoms with Gasteiger partial charge in [-0.25, -0.2) is 0 Å². The van der Waals surface area contributed by atoms with Crippen molar-refractivity contribution in [2.75, 3.05) is 0 Å². The van der Waals surface area contributed by atoms with E-state index in [1.807, 2.05) is 12.3 Å². The largest absolute Gasteiger partial charge is 0.256 e. The number of allylic oxidation sites excluding steroid dienone is 3. The Bertz CT molecular complexity index is 1050. The molecule has 0 saturated heterocycles. The number of rotatable bonds is 6. The lowest BCUT2D eigenvalue weighted by atomic mass is 9.90. The molecule has 3 rings (SSSR count). The van der Waals surface area contributed by atoms with Gasteiger partial charge in [0, 0.05) is 11.8 Å². The maximum absolute atomic E-state index is 4.87. The van der Waals surface area contributed by atoms with Crippen LogP contribution in [-0.2, 0) is 6.42 Å². The summed E-state index contributed by atoms with van der Waals surface area (Å²) in [5.41, 5.74) is 7.21. The first kappa shape index (κ1) is 19.8. The summed E-state index contributed by atoms with van der Waals surface area (Å²) in [5, 5.41) is 2.46. The van der Waals surface area contributed by atoms with Crippen LogP contribution < -0.4 is 0 Å². The van der Waals surface area contributed by atoms with Crippen LogP contribution in [-0.4, -0.2) is 6.21 Å². The van der Waals surface area contributed by atoms with E-state index in [0.717, 1.165) is 17.7 Å². The maximum atomic E-state index is 4.87. The highest BCUT2D eigenvalue weighted by atomic mass is 14.7. The lowest BCUT2D eigenvalue weighted by molar-refractivity contribution is 0.646. The highest BCUT2D eigenvalue weighted by Crippen LogP contribution is 2.28. The van der Waals surface area contributed by atoms with Crippen molar-refractivity contribution in [2.45, 2.75) is 34.1 Å². The summed E-state index contributed by atoms with van der Waals surface area (Å²) in [5.74, 6) is 0.602.